The molecular weight excluding hydrogens is 254 g/mol. The zero-order valence-electron chi connectivity index (χ0n) is 12.4. The summed E-state index contributed by atoms with van der Waals surface area (Å²) in [5, 5.41) is 6.25. The number of carbonyl (C=O) groups excluding carboxylic acids is 1. The largest absolute Gasteiger partial charge is 0.381 e. The average molecular weight is 277 g/mol. The zero-order chi connectivity index (χ0) is 14.5. The van der Waals surface area contributed by atoms with Gasteiger partial charge in [0.15, 0.2) is 0 Å². The molecule has 110 valence electrons. The van der Waals surface area contributed by atoms with Crippen LogP contribution in [0.2, 0.25) is 0 Å². The van der Waals surface area contributed by atoms with Crippen LogP contribution >= 0.6 is 0 Å². The normalized spacial score (nSPS) is 21.1. The SMILES string of the molecule is CCCNc1cc(C(=O)NC2CC(OC)C2)cc(C)n1. The molecule has 0 spiro atoms. The van der Waals surface area contributed by atoms with E-state index in [1.807, 2.05) is 19.1 Å². The van der Waals surface area contributed by atoms with Crippen LogP contribution in [0.3, 0.4) is 0 Å². The fraction of sp³-hybridized carbons (Fsp3) is 0.600. The van der Waals surface area contributed by atoms with Gasteiger partial charge in [0.2, 0.25) is 0 Å². The summed E-state index contributed by atoms with van der Waals surface area (Å²) in [6.07, 6.45) is 3.11. The summed E-state index contributed by atoms with van der Waals surface area (Å²) < 4.78 is 5.21. The Kier molecular flexibility index (Phi) is 4.95. The monoisotopic (exact) mass is 277 g/mol. The molecule has 20 heavy (non-hydrogen) atoms. The Morgan fingerprint density at radius 2 is 2.20 bits per heavy atom. The van der Waals surface area contributed by atoms with Crippen molar-refractivity contribution >= 4 is 11.7 Å². The number of rotatable bonds is 6. The second-order valence-corrected chi connectivity index (χ2v) is 5.31. The Hall–Kier alpha value is -1.62. The second kappa shape index (κ2) is 6.70. The lowest BCUT2D eigenvalue weighted by molar-refractivity contribution is 0.0176. The summed E-state index contributed by atoms with van der Waals surface area (Å²) in [5.74, 6) is 0.731. The lowest BCUT2D eigenvalue weighted by atomic mass is 9.89. The van der Waals surface area contributed by atoms with E-state index in [1.165, 1.54) is 0 Å². The van der Waals surface area contributed by atoms with Gasteiger partial charge in [0.25, 0.3) is 5.91 Å². The predicted molar refractivity (Wildman–Crippen MR) is 79.0 cm³/mol. The van der Waals surface area contributed by atoms with E-state index in [-0.39, 0.29) is 11.9 Å². The molecule has 1 aromatic heterocycles. The third kappa shape index (κ3) is 3.70. The van der Waals surface area contributed by atoms with Gasteiger partial charge in [-0.25, -0.2) is 4.98 Å². The Balaban J connectivity index is 1.96. The van der Waals surface area contributed by atoms with Gasteiger partial charge in [-0.15, -0.1) is 0 Å². The third-order valence-electron chi connectivity index (χ3n) is 3.54. The van der Waals surface area contributed by atoms with Gasteiger partial charge >= 0.3 is 0 Å². The van der Waals surface area contributed by atoms with Gasteiger partial charge in [-0.05, 0) is 38.3 Å². The van der Waals surface area contributed by atoms with E-state index in [2.05, 4.69) is 22.5 Å². The van der Waals surface area contributed by atoms with Gasteiger partial charge in [0.05, 0.1) is 6.10 Å². The van der Waals surface area contributed by atoms with Gasteiger partial charge in [0, 0.05) is 31.0 Å². The molecule has 0 aliphatic heterocycles. The number of amides is 1. The van der Waals surface area contributed by atoms with Crippen LogP contribution in [0.4, 0.5) is 5.82 Å². The van der Waals surface area contributed by atoms with Crippen molar-refractivity contribution in [2.24, 2.45) is 0 Å². The quantitative estimate of drug-likeness (QED) is 0.836. The summed E-state index contributed by atoms with van der Waals surface area (Å²) in [4.78, 5) is 16.6. The van der Waals surface area contributed by atoms with Gasteiger partial charge in [-0.2, -0.15) is 0 Å². The lowest BCUT2D eigenvalue weighted by Crippen LogP contribution is -2.47. The molecule has 1 fully saturated rings. The number of nitrogens with zero attached hydrogens (tertiary/aromatic N) is 1. The van der Waals surface area contributed by atoms with Crippen molar-refractivity contribution in [1.82, 2.24) is 10.3 Å². The lowest BCUT2D eigenvalue weighted by Gasteiger charge is -2.34. The minimum atomic E-state index is -0.0328. The van der Waals surface area contributed by atoms with Crippen molar-refractivity contribution in [2.45, 2.75) is 45.3 Å². The van der Waals surface area contributed by atoms with Crippen LogP contribution in [0, 0.1) is 6.92 Å². The third-order valence-corrected chi connectivity index (χ3v) is 3.54. The van der Waals surface area contributed by atoms with Crippen LogP contribution in [0.25, 0.3) is 0 Å². The van der Waals surface area contributed by atoms with Crippen LogP contribution in [-0.4, -0.2) is 36.7 Å². The number of hydrogen-bond acceptors (Lipinski definition) is 4. The summed E-state index contributed by atoms with van der Waals surface area (Å²) >= 11 is 0. The highest BCUT2D eigenvalue weighted by molar-refractivity contribution is 5.95. The van der Waals surface area contributed by atoms with Crippen molar-refractivity contribution < 1.29 is 9.53 Å². The molecule has 5 nitrogen and oxygen atoms in total. The molecule has 2 N–H and O–H groups in total. The maximum Gasteiger partial charge on any atom is 0.251 e. The Labute approximate surface area is 120 Å². The maximum absolute atomic E-state index is 12.2. The Morgan fingerprint density at radius 1 is 1.45 bits per heavy atom. The molecule has 0 bridgehead atoms. The molecule has 1 heterocycles. The topological polar surface area (TPSA) is 63.2 Å². The van der Waals surface area contributed by atoms with Gasteiger partial charge in [-0.3, -0.25) is 4.79 Å². The fourth-order valence-corrected chi connectivity index (χ4v) is 2.29. The number of pyridine rings is 1. The molecule has 1 aliphatic rings. The van der Waals surface area contributed by atoms with E-state index >= 15 is 0 Å². The van der Waals surface area contributed by atoms with Crippen LogP contribution in [0.5, 0.6) is 0 Å². The predicted octanol–water partition coefficient (Wildman–Crippen LogP) is 2.12. The first-order chi connectivity index (χ1) is 9.62. The smallest absolute Gasteiger partial charge is 0.251 e. The number of ether oxygens (including phenoxy) is 1. The molecule has 1 amide bonds. The molecule has 1 saturated carbocycles. The van der Waals surface area contributed by atoms with Crippen molar-refractivity contribution in [1.29, 1.82) is 0 Å². The Bertz CT molecular complexity index is 470. The van der Waals surface area contributed by atoms with Crippen molar-refractivity contribution in [3.8, 4) is 0 Å². The first kappa shape index (κ1) is 14.8. The minimum Gasteiger partial charge on any atom is -0.381 e. The van der Waals surface area contributed by atoms with E-state index in [1.54, 1.807) is 7.11 Å². The van der Waals surface area contributed by atoms with Crippen molar-refractivity contribution in [3.63, 3.8) is 0 Å². The van der Waals surface area contributed by atoms with Crippen molar-refractivity contribution in [2.75, 3.05) is 19.0 Å². The van der Waals surface area contributed by atoms with E-state index in [4.69, 9.17) is 4.74 Å². The number of anilines is 1. The molecule has 5 heteroatoms. The molecule has 0 unspecified atom stereocenters. The summed E-state index contributed by atoms with van der Waals surface area (Å²) in [6.45, 7) is 4.85. The molecule has 1 aliphatic carbocycles. The summed E-state index contributed by atoms with van der Waals surface area (Å²) in [5.41, 5.74) is 1.51. The van der Waals surface area contributed by atoms with Crippen LogP contribution in [0.1, 0.15) is 42.2 Å². The van der Waals surface area contributed by atoms with Crippen molar-refractivity contribution in [3.05, 3.63) is 23.4 Å². The van der Waals surface area contributed by atoms with Gasteiger partial charge < -0.3 is 15.4 Å². The zero-order valence-corrected chi connectivity index (χ0v) is 12.4. The average Bonchev–Trinajstić information content (AvgIpc) is 2.39. The van der Waals surface area contributed by atoms with E-state index in [0.29, 0.717) is 11.7 Å². The molecule has 0 saturated heterocycles. The Morgan fingerprint density at radius 3 is 2.85 bits per heavy atom. The minimum absolute atomic E-state index is 0.0328. The standard InChI is InChI=1S/C15H23N3O2/c1-4-5-16-14-7-11(6-10(2)17-14)15(19)18-12-8-13(9-12)20-3/h6-7,12-13H,4-5,8-9H2,1-3H3,(H,16,17)(H,18,19). The van der Waals surface area contributed by atoms with E-state index < -0.39 is 0 Å². The summed E-state index contributed by atoms with van der Waals surface area (Å²) in [7, 11) is 1.71. The molecule has 1 aromatic rings. The molecule has 0 atom stereocenters. The van der Waals surface area contributed by atoms with Gasteiger partial charge in [0.1, 0.15) is 5.82 Å². The fourth-order valence-electron chi connectivity index (χ4n) is 2.29. The van der Waals surface area contributed by atoms with E-state index in [0.717, 1.165) is 37.3 Å². The molecular formula is C15H23N3O2. The highest BCUT2D eigenvalue weighted by Gasteiger charge is 2.30. The molecule has 0 aromatic carbocycles. The second-order valence-electron chi connectivity index (χ2n) is 5.31. The number of aromatic nitrogens is 1. The molecule has 0 radical (unpaired) electrons. The summed E-state index contributed by atoms with van der Waals surface area (Å²) in [6, 6.07) is 3.86. The highest BCUT2D eigenvalue weighted by Crippen LogP contribution is 2.23. The number of hydrogen-bond donors (Lipinski definition) is 2. The number of nitrogens with one attached hydrogen (secondary N) is 2. The van der Waals surface area contributed by atoms with Crippen LogP contribution in [-0.2, 0) is 4.74 Å². The molecule has 2 rings (SSSR count). The number of carbonyl (C=O) groups is 1. The van der Waals surface area contributed by atoms with E-state index in [9.17, 15) is 4.79 Å². The van der Waals surface area contributed by atoms with Crippen LogP contribution in [0.15, 0.2) is 12.1 Å². The van der Waals surface area contributed by atoms with Crippen LogP contribution < -0.4 is 10.6 Å². The first-order valence-corrected chi connectivity index (χ1v) is 7.18. The van der Waals surface area contributed by atoms with Gasteiger partial charge in [-0.1, -0.05) is 6.92 Å². The number of aryl methyl sites for hydroxylation is 1. The first-order valence-electron chi connectivity index (χ1n) is 7.18. The maximum atomic E-state index is 12.2. The number of methoxy groups -OCH3 is 1. The highest BCUT2D eigenvalue weighted by atomic mass is 16.5.